The molecule has 0 radical (unpaired) electrons. The van der Waals surface area contributed by atoms with Gasteiger partial charge in [0.2, 0.25) is 0 Å². The number of amides is 1. The smallest absolute Gasteiger partial charge is 0.324 e. The fraction of sp³-hybridized carbons (Fsp3) is 0.545. The average Bonchev–Trinajstić information content (AvgIpc) is 2.81. The Balaban J connectivity index is 2.09. The maximum atomic E-state index is 12.1. The van der Waals surface area contributed by atoms with Crippen molar-refractivity contribution in [3.8, 4) is 0 Å². The molecule has 2 unspecified atom stereocenters. The van der Waals surface area contributed by atoms with Crippen molar-refractivity contribution in [2.45, 2.75) is 19.4 Å². The van der Waals surface area contributed by atoms with Crippen LogP contribution >= 0.6 is 11.3 Å². The summed E-state index contributed by atoms with van der Waals surface area (Å²) in [6, 6.07) is 2.80. The Morgan fingerprint density at radius 1 is 1.61 bits per heavy atom. The van der Waals surface area contributed by atoms with Crippen molar-refractivity contribution in [1.82, 2.24) is 4.90 Å². The number of likely N-dealkylation sites (tertiary alicyclic amines) is 1. The fourth-order valence-electron chi connectivity index (χ4n) is 1.93. The van der Waals surface area contributed by atoms with E-state index < -0.39 is 11.0 Å². The number of carbonyl (C=O) groups is 1. The molecule has 7 heteroatoms. The van der Waals surface area contributed by atoms with Crippen LogP contribution in [0.3, 0.4) is 0 Å². The summed E-state index contributed by atoms with van der Waals surface area (Å²) in [7, 11) is 0. The molecule has 1 aromatic heterocycles. The first-order valence-electron chi connectivity index (χ1n) is 5.70. The highest BCUT2D eigenvalue weighted by atomic mass is 32.1. The minimum atomic E-state index is -0.516. The normalized spacial score (nSPS) is 24.0. The van der Waals surface area contributed by atoms with Crippen LogP contribution in [0, 0.1) is 16.0 Å². The molecule has 0 aliphatic carbocycles. The molecule has 98 valence electrons. The second-order valence-corrected chi connectivity index (χ2v) is 5.54. The Morgan fingerprint density at radius 3 is 2.89 bits per heavy atom. The Bertz CT molecular complexity index is 473. The lowest BCUT2D eigenvalue weighted by atomic mass is 9.96. The number of aliphatic hydroxyl groups excluding tert-OH is 1. The monoisotopic (exact) mass is 270 g/mol. The number of nitrogens with zero attached hydrogens (tertiary/aromatic N) is 2. The first-order valence-corrected chi connectivity index (χ1v) is 6.52. The SMILES string of the molecule is CC1CCN(C(=O)c2ccc([N+](=O)[O-])s2)CC1O. The van der Waals surface area contributed by atoms with Crippen LogP contribution in [0.2, 0.25) is 0 Å². The number of nitro groups is 1. The van der Waals surface area contributed by atoms with E-state index in [2.05, 4.69) is 0 Å². The second kappa shape index (κ2) is 5.03. The van der Waals surface area contributed by atoms with Crippen LogP contribution in [0.25, 0.3) is 0 Å². The van der Waals surface area contributed by atoms with E-state index in [0.29, 0.717) is 18.0 Å². The van der Waals surface area contributed by atoms with Gasteiger partial charge in [0.1, 0.15) is 0 Å². The Labute approximate surface area is 108 Å². The van der Waals surface area contributed by atoms with Gasteiger partial charge < -0.3 is 10.0 Å². The zero-order valence-electron chi connectivity index (χ0n) is 9.91. The van der Waals surface area contributed by atoms with Crippen molar-refractivity contribution in [3.05, 3.63) is 27.1 Å². The summed E-state index contributed by atoms with van der Waals surface area (Å²) in [5.41, 5.74) is 0. The maximum absolute atomic E-state index is 12.1. The number of aliphatic hydroxyl groups is 1. The molecule has 18 heavy (non-hydrogen) atoms. The zero-order chi connectivity index (χ0) is 13.3. The predicted octanol–water partition coefficient (Wildman–Crippen LogP) is 1.50. The topological polar surface area (TPSA) is 83.7 Å². The molecule has 0 spiro atoms. The average molecular weight is 270 g/mol. The van der Waals surface area contributed by atoms with Crippen molar-refractivity contribution in [1.29, 1.82) is 0 Å². The highest BCUT2D eigenvalue weighted by Crippen LogP contribution is 2.26. The van der Waals surface area contributed by atoms with Gasteiger partial charge in [-0.25, -0.2) is 0 Å². The molecule has 1 aromatic rings. The lowest BCUT2D eigenvalue weighted by Crippen LogP contribution is -2.45. The molecule has 1 aliphatic heterocycles. The van der Waals surface area contributed by atoms with Gasteiger partial charge in [0.25, 0.3) is 5.91 Å². The van der Waals surface area contributed by atoms with Crippen molar-refractivity contribution >= 4 is 22.2 Å². The van der Waals surface area contributed by atoms with Crippen molar-refractivity contribution in [2.75, 3.05) is 13.1 Å². The molecule has 0 saturated carbocycles. The molecular formula is C11H14N2O4S. The molecule has 2 heterocycles. The molecule has 0 bridgehead atoms. The maximum Gasteiger partial charge on any atom is 0.324 e. The number of piperidine rings is 1. The van der Waals surface area contributed by atoms with E-state index >= 15 is 0 Å². The van der Waals surface area contributed by atoms with Gasteiger partial charge in [-0.2, -0.15) is 0 Å². The van der Waals surface area contributed by atoms with Crippen LogP contribution in [-0.2, 0) is 0 Å². The van der Waals surface area contributed by atoms with E-state index in [9.17, 15) is 20.0 Å². The van der Waals surface area contributed by atoms with Crippen molar-refractivity contribution < 1.29 is 14.8 Å². The molecule has 1 N–H and O–H groups in total. The van der Waals surface area contributed by atoms with Gasteiger partial charge in [0, 0.05) is 19.2 Å². The second-order valence-electron chi connectivity index (χ2n) is 4.48. The third-order valence-corrected chi connectivity index (χ3v) is 4.21. The van der Waals surface area contributed by atoms with Crippen LogP contribution in [-0.4, -0.2) is 40.0 Å². The van der Waals surface area contributed by atoms with Gasteiger partial charge in [-0.1, -0.05) is 18.3 Å². The molecule has 6 nitrogen and oxygen atoms in total. The van der Waals surface area contributed by atoms with Gasteiger partial charge in [-0.3, -0.25) is 14.9 Å². The van der Waals surface area contributed by atoms with Crippen LogP contribution in [0.15, 0.2) is 12.1 Å². The van der Waals surface area contributed by atoms with Gasteiger partial charge in [-0.05, 0) is 18.4 Å². The van der Waals surface area contributed by atoms with Crippen LogP contribution in [0.1, 0.15) is 23.0 Å². The van der Waals surface area contributed by atoms with Crippen LogP contribution < -0.4 is 0 Å². The molecule has 1 amide bonds. The van der Waals surface area contributed by atoms with Gasteiger partial charge in [-0.15, -0.1) is 0 Å². The standard InChI is InChI=1S/C11H14N2O4S/c1-7-4-5-12(6-8(7)14)11(15)9-2-3-10(18-9)13(16)17/h2-3,7-8,14H,4-6H2,1H3. The van der Waals surface area contributed by atoms with Crippen LogP contribution in [0.5, 0.6) is 0 Å². The molecular weight excluding hydrogens is 256 g/mol. The summed E-state index contributed by atoms with van der Waals surface area (Å²) in [5, 5.41) is 20.3. The third-order valence-electron chi connectivity index (χ3n) is 3.19. The van der Waals surface area contributed by atoms with E-state index in [1.54, 1.807) is 4.90 Å². The number of rotatable bonds is 2. The minimum Gasteiger partial charge on any atom is -0.391 e. The highest BCUT2D eigenvalue weighted by molar-refractivity contribution is 7.17. The molecule has 0 aromatic carbocycles. The van der Waals surface area contributed by atoms with E-state index in [1.807, 2.05) is 6.92 Å². The summed E-state index contributed by atoms with van der Waals surface area (Å²) >= 11 is 0.873. The van der Waals surface area contributed by atoms with E-state index in [-0.39, 0.29) is 16.8 Å². The first kappa shape index (κ1) is 13.0. The Hall–Kier alpha value is -1.47. The molecule has 1 aliphatic rings. The summed E-state index contributed by atoms with van der Waals surface area (Å²) in [4.78, 5) is 24.1. The first-order chi connectivity index (χ1) is 8.49. The van der Waals surface area contributed by atoms with Gasteiger partial charge in [0.05, 0.1) is 15.9 Å². The summed E-state index contributed by atoms with van der Waals surface area (Å²) in [6.45, 7) is 2.83. The molecule has 1 saturated heterocycles. The predicted molar refractivity (Wildman–Crippen MR) is 66.7 cm³/mol. The number of hydrogen-bond acceptors (Lipinski definition) is 5. The third kappa shape index (κ3) is 2.51. The fourth-order valence-corrected chi connectivity index (χ4v) is 2.72. The highest BCUT2D eigenvalue weighted by Gasteiger charge is 2.29. The van der Waals surface area contributed by atoms with Gasteiger partial charge >= 0.3 is 5.00 Å². The zero-order valence-corrected chi connectivity index (χ0v) is 10.7. The lowest BCUT2D eigenvalue weighted by Gasteiger charge is -2.33. The number of β-amino-alcohol motifs (C(OH)–C–C–N with tert-alkyl or cyclic N) is 1. The summed E-state index contributed by atoms with van der Waals surface area (Å²) < 4.78 is 0. The number of carbonyl (C=O) groups excluding carboxylic acids is 1. The number of hydrogen-bond donors (Lipinski definition) is 1. The minimum absolute atomic E-state index is 0.0377. The molecule has 2 rings (SSSR count). The summed E-state index contributed by atoms with van der Waals surface area (Å²) in [6.07, 6.45) is 0.234. The number of thiophene rings is 1. The Kier molecular flexibility index (Phi) is 3.63. The van der Waals surface area contributed by atoms with Gasteiger partial charge in [0.15, 0.2) is 0 Å². The lowest BCUT2D eigenvalue weighted by molar-refractivity contribution is -0.380. The summed E-state index contributed by atoms with van der Waals surface area (Å²) in [5.74, 6) is -0.0502. The molecule has 2 atom stereocenters. The largest absolute Gasteiger partial charge is 0.391 e. The quantitative estimate of drug-likeness (QED) is 0.652. The van der Waals surface area contributed by atoms with E-state index in [4.69, 9.17) is 0 Å². The van der Waals surface area contributed by atoms with E-state index in [0.717, 1.165) is 17.8 Å². The van der Waals surface area contributed by atoms with E-state index in [1.165, 1.54) is 12.1 Å². The van der Waals surface area contributed by atoms with Crippen LogP contribution in [0.4, 0.5) is 5.00 Å². The van der Waals surface area contributed by atoms with Crippen molar-refractivity contribution in [2.24, 2.45) is 5.92 Å². The Morgan fingerprint density at radius 2 is 2.33 bits per heavy atom. The van der Waals surface area contributed by atoms with Crippen molar-refractivity contribution in [3.63, 3.8) is 0 Å². The molecule has 1 fully saturated rings.